The molecule has 6 aromatic carbocycles. The Morgan fingerprint density at radius 1 is 0.446 bits per heavy atom. The van der Waals surface area contributed by atoms with Crippen molar-refractivity contribution in [1.29, 1.82) is 0 Å². The van der Waals surface area contributed by atoms with Crippen molar-refractivity contribution in [2.45, 2.75) is 25.0 Å². The van der Waals surface area contributed by atoms with Crippen molar-refractivity contribution in [3.8, 4) is 33.6 Å². The van der Waals surface area contributed by atoms with Gasteiger partial charge < -0.3 is 4.90 Å². The third kappa shape index (κ3) is 4.47. The number of benzene rings is 6. The zero-order chi connectivity index (χ0) is 36.8. The summed E-state index contributed by atoms with van der Waals surface area (Å²) in [6.45, 7) is 0. The quantitative estimate of drug-likeness (QED) is 0.178. The Hall–Kier alpha value is -6.54. The molecule has 1 atom stereocenters. The number of anilines is 3. The third-order valence-electron chi connectivity index (χ3n) is 11.3. The van der Waals surface area contributed by atoms with E-state index in [0.717, 1.165) is 61.5 Å². The molecule has 262 valence electrons. The Morgan fingerprint density at radius 3 is 2.16 bits per heavy atom. The Labute approximate surface area is 332 Å². The first-order valence-corrected chi connectivity index (χ1v) is 20.2. The minimum Gasteiger partial charge on any atom is -0.308 e. The summed E-state index contributed by atoms with van der Waals surface area (Å²) in [6.07, 6.45) is 7.42. The van der Waals surface area contributed by atoms with Crippen molar-refractivity contribution in [1.82, 2.24) is 19.9 Å². The molecule has 0 saturated heterocycles. The van der Waals surface area contributed by atoms with E-state index in [4.69, 9.17) is 15.0 Å². The van der Waals surface area contributed by atoms with Gasteiger partial charge in [0, 0.05) is 61.9 Å². The SMILES string of the molecule is c1ccc(N2c3ccccc3Sc3c2ccc2c3Sc3ccccc3C23c2cccnc2-c2ncc(-c4cccc(-c5cccc6nccnc56)c4)cc23)cc1. The van der Waals surface area contributed by atoms with Gasteiger partial charge in [-0.15, -0.1) is 0 Å². The van der Waals surface area contributed by atoms with Crippen LogP contribution in [0, 0.1) is 0 Å². The maximum atomic E-state index is 5.29. The normalized spacial score (nSPS) is 15.8. The highest BCUT2D eigenvalue weighted by molar-refractivity contribution is 8.02. The molecule has 0 bridgehead atoms. The number of pyridine rings is 2. The number of hydrogen-bond acceptors (Lipinski definition) is 7. The molecule has 1 unspecified atom stereocenters. The van der Waals surface area contributed by atoms with Crippen LogP contribution >= 0.6 is 23.5 Å². The van der Waals surface area contributed by atoms with Gasteiger partial charge in [0.15, 0.2) is 0 Å². The summed E-state index contributed by atoms with van der Waals surface area (Å²) in [4.78, 5) is 27.0. The second-order valence-electron chi connectivity index (χ2n) is 14.2. The first-order chi connectivity index (χ1) is 27.8. The summed E-state index contributed by atoms with van der Waals surface area (Å²) < 4.78 is 0. The minimum atomic E-state index is -0.633. The van der Waals surface area contributed by atoms with Crippen LogP contribution in [0.1, 0.15) is 22.3 Å². The topological polar surface area (TPSA) is 54.8 Å². The van der Waals surface area contributed by atoms with Crippen molar-refractivity contribution in [2.75, 3.05) is 4.90 Å². The molecule has 5 heterocycles. The molecule has 3 aromatic heterocycles. The summed E-state index contributed by atoms with van der Waals surface area (Å²) >= 11 is 3.75. The minimum absolute atomic E-state index is 0.633. The van der Waals surface area contributed by atoms with E-state index in [9.17, 15) is 0 Å². The molecular formula is C49H29N5S2. The molecule has 3 aliphatic rings. The maximum Gasteiger partial charge on any atom is 0.0965 e. The molecule has 7 heteroatoms. The van der Waals surface area contributed by atoms with Crippen LogP contribution in [0.25, 0.3) is 44.7 Å². The number of aromatic nitrogens is 4. The van der Waals surface area contributed by atoms with Crippen molar-refractivity contribution < 1.29 is 0 Å². The second-order valence-corrected chi connectivity index (χ2v) is 16.3. The number of rotatable bonds is 3. The first kappa shape index (κ1) is 31.8. The molecule has 0 radical (unpaired) electrons. The van der Waals surface area contributed by atoms with E-state index in [0.29, 0.717) is 0 Å². The van der Waals surface area contributed by atoms with E-state index < -0.39 is 5.41 Å². The summed E-state index contributed by atoms with van der Waals surface area (Å²) in [5, 5.41) is 0. The fourth-order valence-corrected chi connectivity index (χ4v) is 11.6. The molecule has 1 spiro atoms. The molecule has 0 amide bonds. The fourth-order valence-electron chi connectivity index (χ4n) is 8.98. The highest BCUT2D eigenvalue weighted by Crippen LogP contribution is 2.65. The third-order valence-corrected chi connectivity index (χ3v) is 13.8. The summed E-state index contributed by atoms with van der Waals surface area (Å²) in [7, 11) is 0. The van der Waals surface area contributed by atoms with Gasteiger partial charge in [0.25, 0.3) is 0 Å². The average molecular weight is 752 g/mol. The van der Waals surface area contributed by atoms with Crippen molar-refractivity contribution in [3.05, 3.63) is 199 Å². The van der Waals surface area contributed by atoms with Crippen LogP contribution in [-0.4, -0.2) is 19.9 Å². The Morgan fingerprint density at radius 2 is 1.21 bits per heavy atom. The molecule has 2 aliphatic heterocycles. The predicted molar refractivity (Wildman–Crippen MR) is 226 cm³/mol. The molecule has 56 heavy (non-hydrogen) atoms. The number of para-hydroxylation sites is 3. The van der Waals surface area contributed by atoms with Gasteiger partial charge in [-0.3, -0.25) is 19.9 Å². The van der Waals surface area contributed by atoms with Gasteiger partial charge in [0.05, 0.1) is 44.1 Å². The van der Waals surface area contributed by atoms with Gasteiger partial charge in [0.2, 0.25) is 0 Å². The fraction of sp³-hybridized carbons (Fsp3) is 0.0204. The van der Waals surface area contributed by atoms with E-state index >= 15 is 0 Å². The standard InChI is InChI=1S/C49H29N5S2/c1-2-13-33(14-3-1)54-40-19-5-7-21-43(40)56-48-41(54)23-22-37-47(48)55-42-20-6-4-16-35(42)49(37)36-17-10-24-51-45(36)46-38(49)28-32(29-53-46)30-11-8-12-31(27-30)34-15-9-18-39-44(34)52-26-25-50-39/h1-29H. The van der Waals surface area contributed by atoms with Crippen LogP contribution < -0.4 is 4.90 Å². The van der Waals surface area contributed by atoms with Crippen LogP contribution in [0.5, 0.6) is 0 Å². The van der Waals surface area contributed by atoms with Crippen molar-refractivity contribution >= 4 is 51.6 Å². The Kier molecular flexibility index (Phi) is 6.94. The molecule has 5 nitrogen and oxygen atoms in total. The zero-order valence-corrected chi connectivity index (χ0v) is 31.4. The van der Waals surface area contributed by atoms with E-state index in [2.05, 4.69) is 155 Å². The van der Waals surface area contributed by atoms with Crippen molar-refractivity contribution in [2.24, 2.45) is 0 Å². The smallest absolute Gasteiger partial charge is 0.0965 e. The summed E-state index contributed by atoms with van der Waals surface area (Å²) in [6, 6.07) is 54.7. The molecule has 0 saturated carbocycles. The van der Waals surface area contributed by atoms with E-state index in [1.807, 2.05) is 42.0 Å². The van der Waals surface area contributed by atoms with Crippen LogP contribution in [-0.2, 0) is 5.41 Å². The number of nitrogens with zero attached hydrogens (tertiary/aromatic N) is 5. The monoisotopic (exact) mass is 751 g/mol. The molecule has 12 rings (SSSR count). The predicted octanol–water partition coefficient (Wildman–Crippen LogP) is 12.5. The summed E-state index contributed by atoms with van der Waals surface area (Å²) in [5.41, 5.74) is 15.7. The van der Waals surface area contributed by atoms with Crippen LogP contribution in [0.2, 0.25) is 0 Å². The lowest BCUT2D eigenvalue weighted by Gasteiger charge is -2.42. The molecule has 9 aromatic rings. The molecule has 1 aliphatic carbocycles. The molecule has 0 fully saturated rings. The van der Waals surface area contributed by atoms with Crippen LogP contribution in [0.15, 0.2) is 196 Å². The zero-order valence-electron chi connectivity index (χ0n) is 29.8. The van der Waals surface area contributed by atoms with Gasteiger partial charge in [0.1, 0.15) is 0 Å². The molecular weight excluding hydrogens is 723 g/mol. The highest BCUT2D eigenvalue weighted by atomic mass is 32.2. The van der Waals surface area contributed by atoms with Gasteiger partial charge in [-0.05, 0) is 88.5 Å². The van der Waals surface area contributed by atoms with Crippen LogP contribution in [0.4, 0.5) is 17.1 Å². The van der Waals surface area contributed by atoms with Crippen molar-refractivity contribution in [3.63, 3.8) is 0 Å². The lowest BCUT2D eigenvalue weighted by molar-refractivity contribution is 0.711. The van der Waals surface area contributed by atoms with Gasteiger partial charge in [-0.1, -0.05) is 115 Å². The first-order valence-electron chi connectivity index (χ1n) is 18.6. The lowest BCUT2D eigenvalue weighted by Crippen LogP contribution is -2.32. The molecule has 0 N–H and O–H groups in total. The van der Waals surface area contributed by atoms with Gasteiger partial charge >= 0.3 is 0 Å². The second kappa shape index (κ2) is 12.2. The lowest BCUT2D eigenvalue weighted by atomic mass is 9.67. The maximum absolute atomic E-state index is 5.29. The average Bonchev–Trinajstić information content (AvgIpc) is 3.55. The van der Waals surface area contributed by atoms with E-state index in [1.165, 1.54) is 42.1 Å². The van der Waals surface area contributed by atoms with Crippen LogP contribution in [0.3, 0.4) is 0 Å². The van der Waals surface area contributed by atoms with E-state index in [-0.39, 0.29) is 0 Å². The Bertz CT molecular complexity index is 3070. The Balaban J connectivity index is 1.10. The largest absolute Gasteiger partial charge is 0.308 e. The summed E-state index contributed by atoms with van der Waals surface area (Å²) in [5.74, 6) is 0. The van der Waals surface area contributed by atoms with Gasteiger partial charge in [-0.2, -0.15) is 0 Å². The van der Waals surface area contributed by atoms with E-state index in [1.54, 1.807) is 12.4 Å². The highest BCUT2D eigenvalue weighted by Gasteiger charge is 2.52. The number of fused-ring (bicyclic) bond motifs is 13. The number of hydrogen-bond donors (Lipinski definition) is 0. The van der Waals surface area contributed by atoms with Gasteiger partial charge in [-0.25, -0.2) is 0 Å².